The van der Waals surface area contributed by atoms with E-state index >= 15 is 0 Å². The van der Waals surface area contributed by atoms with Crippen molar-refractivity contribution in [3.05, 3.63) is 35.4 Å². The summed E-state index contributed by atoms with van der Waals surface area (Å²) in [7, 11) is 0. The molecule has 1 fully saturated rings. The minimum atomic E-state index is 0.493. The van der Waals surface area contributed by atoms with Crippen molar-refractivity contribution in [2.45, 2.75) is 45.7 Å². The number of hydrogen-bond acceptors (Lipinski definition) is 1. The molecule has 3 atom stereocenters. The highest BCUT2D eigenvalue weighted by Crippen LogP contribution is 2.35. The summed E-state index contributed by atoms with van der Waals surface area (Å²) in [5, 5.41) is 3.71. The lowest BCUT2D eigenvalue weighted by Gasteiger charge is -2.16. The van der Waals surface area contributed by atoms with Gasteiger partial charge in [-0.05, 0) is 37.3 Å². The van der Waals surface area contributed by atoms with E-state index in [0.29, 0.717) is 6.04 Å². The van der Waals surface area contributed by atoms with E-state index in [1.54, 1.807) is 0 Å². The fraction of sp³-hybridized carbons (Fsp3) is 0.571. The van der Waals surface area contributed by atoms with Crippen molar-refractivity contribution in [1.29, 1.82) is 0 Å². The molecule has 1 aliphatic rings. The van der Waals surface area contributed by atoms with E-state index in [9.17, 15) is 0 Å². The van der Waals surface area contributed by atoms with E-state index in [2.05, 4.69) is 50.4 Å². The van der Waals surface area contributed by atoms with E-state index in [0.717, 1.165) is 12.0 Å². The Balaban J connectivity index is 1.97. The maximum absolute atomic E-state index is 3.71. The lowest BCUT2D eigenvalue weighted by molar-refractivity contribution is 0.537. The first-order valence-corrected chi connectivity index (χ1v) is 6.04. The van der Waals surface area contributed by atoms with Crippen LogP contribution in [0.2, 0.25) is 0 Å². The Morgan fingerprint density at radius 1 is 1.40 bits per heavy atom. The van der Waals surface area contributed by atoms with Crippen molar-refractivity contribution in [3.8, 4) is 0 Å². The summed E-state index contributed by atoms with van der Waals surface area (Å²) in [5.74, 6) is 0.927. The summed E-state index contributed by atoms with van der Waals surface area (Å²) < 4.78 is 0. The Morgan fingerprint density at radius 3 is 2.73 bits per heavy atom. The van der Waals surface area contributed by atoms with Gasteiger partial charge in [0, 0.05) is 12.1 Å². The molecule has 1 nitrogen and oxygen atoms in total. The van der Waals surface area contributed by atoms with E-state index < -0.39 is 0 Å². The van der Waals surface area contributed by atoms with Crippen molar-refractivity contribution in [1.82, 2.24) is 5.32 Å². The van der Waals surface area contributed by atoms with Crippen LogP contribution in [-0.4, -0.2) is 6.04 Å². The monoisotopic (exact) mass is 203 g/mol. The van der Waals surface area contributed by atoms with Crippen LogP contribution in [0.25, 0.3) is 0 Å². The molecule has 1 aromatic carbocycles. The number of nitrogens with one attached hydrogen (secondary N) is 1. The maximum atomic E-state index is 3.71. The Labute approximate surface area is 92.9 Å². The topological polar surface area (TPSA) is 12.0 Å². The summed E-state index contributed by atoms with van der Waals surface area (Å²) in [6, 6.07) is 9.92. The highest BCUT2D eigenvalue weighted by molar-refractivity contribution is 5.28. The second kappa shape index (κ2) is 4.36. The van der Waals surface area contributed by atoms with Crippen molar-refractivity contribution in [3.63, 3.8) is 0 Å². The third-order valence-electron chi connectivity index (χ3n) is 3.57. The first-order valence-electron chi connectivity index (χ1n) is 6.04. The largest absolute Gasteiger partial charge is 0.307 e. The van der Waals surface area contributed by atoms with Crippen molar-refractivity contribution in [2.24, 2.45) is 5.92 Å². The third-order valence-corrected chi connectivity index (χ3v) is 3.57. The standard InChI is InChI=1S/C14H21N/c1-4-12-9-14(12)15-11(3)13-8-6-5-7-10(13)2/h5-8,11-12,14-15H,4,9H2,1-3H3. The highest BCUT2D eigenvalue weighted by Gasteiger charge is 2.35. The normalized spacial score (nSPS) is 26.3. The van der Waals surface area contributed by atoms with Gasteiger partial charge in [-0.25, -0.2) is 0 Å². The number of hydrogen-bond donors (Lipinski definition) is 1. The summed E-state index contributed by atoms with van der Waals surface area (Å²) in [4.78, 5) is 0. The maximum Gasteiger partial charge on any atom is 0.0297 e. The SMILES string of the molecule is CCC1CC1NC(C)c1ccccc1C. The van der Waals surface area contributed by atoms with Gasteiger partial charge in [0.15, 0.2) is 0 Å². The average Bonchev–Trinajstić information content (AvgIpc) is 2.97. The molecule has 1 N–H and O–H groups in total. The zero-order valence-corrected chi connectivity index (χ0v) is 9.96. The van der Waals surface area contributed by atoms with Gasteiger partial charge in [0.05, 0.1) is 0 Å². The molecule has 2 rings (SSSR count). The first-order chi connectivity index (χ1) is 7.22. The van der Waals surface area contributed by atoms with Gasteiger partial charge < -0.3 is 5.32 Å². The fourth-order valence-corrected chi connectivity index (χ4v) is 2.39. The molecule has 82 valence electrons. The predicted molar refractivity (Wildman–Crippen MR) is 64.9 cm³/mol. The molecule has 0 heterocycles. The van der Waals surface area contributed by atoms with Crippen LogP contribution < -0.4 is 5.32 Å². The van der Waals surface area contributed by atoms with Crippen LogP contribution in [0.15, 0.2) is 24.3 Å². The van der Waals surface area contributed by atoms with Crippen LogP contribution >= 0.6 is 0 Å². The summed E-state index contributed by atoms with van der Waals surface area (Å²) >= 11 is 0. The minimum absolute atomic E-state index is 0.493. The number of rotatable bonds is 4. The van der Waals surface area contributed by atoms with Crippen LogP contribution in [0.4, 0.5) is 0 Å². The Hall–Kier alpha value is -0.820. The molecule has 1 aliphatic carbocycles. The molecule has 3 unspecified atom stereocenters. The summed E-state index contributed by atoms with van der Waals surface area (Å²) in [5.41, 5.74) is 2.84. The number of benzene rings is 1. The van der Waals surface area contributed by atoms with Crippen LogP contribution in [0.3, 0.4) is 0 Å². The van der Waals surface area contributed by atoms with Gasteiger partial charge in [0.1, 0.15) is 0 Å². The minimum Gasteiger partial charge on any atom is -0.307 e. The van der Waals surface area contributed by atoms with Crippen molar-refractivity contribution in [2.75, 3.05) is 0 Å². The summed E-state index contributed by atoms with van der Waals surface area (Å²) in [6.07, 6.45) is 2.69. The number of aryl methyl sites for hydroxylation is 1. The van der Waals surface area contributed by atoms with Gasteiger partial charge in [0.25, 0.3) is 0 Å². The van der Waals surface area contributed by atoms with E-state index in [1.165, 1.54) is 24.0 Å². The van der Waals surface area contributed by atoms with Gasteiger partial charge in [-0.2, -0.15) is 0 Å². The molecule has 15 heavy (non-hydrogen) atoms. The lowest BCUT2D eigenvalue weighted by Crippen LogP contribution is -2.22. The van der Waals surface area contributed by atoms with Crippen LogP contribution in [0.5, 0.6) is 0 Å². The van der Waals surface area contributed by atoms with Gasteiger partial charge in [-0.3, -0.25) is 0 Å². The van der Waals surface area contributed by atoms with E-state index in [4.69, 9.17) is 0 Å². The van der Waals surface area contributed by atoms with Crippen molar-refractivity contribution >= 4 is 0 Å². The van der Waals surface area contributed by atoms with Gasteiger partial charge in [0.2, 0.25) is 0 Å². The zero-order valence-electron chi connectivity index (χ0n) is 9.96. The van der Waals surface area contributed by atoms with Crippen LogP contribution in [-0.2, 0) is 0 Å². The Bertz CT molecular complexity index is 332. The van der Waals surface area contributed by atoms with Crippen LogP contribution in [0, 0.1) is 12.8 Å². The van der Waals surface area contributed by atoms with Gasteiger partial charge >= 0.3 is 0 Å². The molecule has 0 radical (unpaired) electrons. The van der Waals surface area contributed by atoms with E-state index in [-0.39, 0.29) is 0 Å². The van der Waals surface area contributed by atoms with Crippen LogP contribution in [0.1, 0.15) is 43.9 Å². The molecule has 0 aliphatic heterocycles. The molecule has 0 bridgehead atoms. The smallest absolute Gasteiger partial charge is 0.0297 e. The van der Waals surface area contributed by atoms with Gasteiger partial charge in [-0.1, -0.05) is 37.6 Å². The Kier molecular flexibility index (Phi) is 3.11. The third kappa shape index (κ3) is 2.40. The molecular weight excluding hydrogens is 182 g/mol. The molecule has 1 saturated carbocycles. The zero-order chi connectivity index (χ0) is 10.8. The molecule has 1 aromatic rings. The highest BCUT2D eigenvalue weighted by atomic mass is 15.0. The quantitative estimate of drug-likeness (QED) is 0.790. The summed E-state index contributed by atoms with van der Waals surface area (Å²) in [6.45, 7) is 6.75. The predicted octanol–water partition coefficient (Wildman–Crippen LogP) is 3.44. The molecule has 0 saturated heterocycles. The molecule has 0 amide bonds. The molecule has 0 aromatic heterocycles. The fourth-order valence-electron chi connectivity index (χ4n) is 2.39. The average molecular weight is 203 g/mol. The van der Waals surface area contributed by atoms with Crippen molar-refractivity contribution < 1.29 is 0 Å². The molecule has 1 heteroatoms. The molecular formula is C14H21N. The second-order valence-corrected chi connectivity index (χ2v) is 4.76. The lowest BCUT2D eigenvalue weighted by atomic mass is 10.0. The Morgan fingerprint density at radius 2 is 2.13 bits per heavy atom. The molecule has 0 spiro atoms. The first kappa shape index (κ1) is 10.7. The second-order valence-electron chi connectivity index (χ2n) is 4.76. The van der Waals surface area contributed by atoms with Gasteiger partial charge in [-0.15, -0.1) is 0 Å². The van der Waals surface area contributed by atoms with E-state index in [1.807, 2.05) is 0 Å².